The Morgan fingerprint density at radius 2 is 1.09 bits per heavy atom. The van der Waals surface area contributed by atoms with E-state index in [1.807, 2.05) is 0 Å². The molecule has 15 N–H and O–H groups in total. The van der Waals surface area contributed by atoms with Crippen molar-refractivity contribution in [1.29, 1.82) is 0 Å². The molecule has 0 aliphatic carbocycles. The molecule has 0 aromatic rings. The minimum Gasteiger partial charge on any atom is -0.370 e. The molecule has 2 fully saturated rings. The van der Waals surface area contributed by atoms with Gasteiger partial charge in [0.05, 0.1) is 0 Å². The lowest BCUT2D eigenvalue weighted by atomic mass is 9.91. The maximum atomic E-state index is 14.0. The Kier molecular flexibility index (Phi) is 24.4. The molecule has 7 atom stereocenters. The first-order valence-electron chi connectivity index (χ1n) is 24.1. The molecule has 0 spiro atoms. The molecule has 7 unspecified atom stereocenters. The predicted molar refractivity (Wildman–Crippen MR) is 257 cm³/mol. The Morgan fingerprint density at radius 3 is 1.55 bits per heavy atom. The fourth-order valence-corrected chi connectivity index (χ4v) is 7.53. The second-order valence-electron chi connectivity index (χ2n) is 18.7. The molecule has 2 aliphatic rings. The van der Waals surface area contributed by atoms with Crippen molar-refractivity contribution in [3.8, 4) is 0 Å². The Morgan fingerprint density at radius 1 is 0.627 bits per heavy atom. The lowest BCUT2D eigenvalue weighted by Crippen LogP contribution is -2.62. The van der Waals surface area contributed by atoms with E-state index in [2.05, 4.69) is 57.8 Å². The van der Waals surface area contributed by atoms with Crippen molar-refractivity contribution >= 4 is 59.2 Å². The first-order chi connectivity index (χ1) is 31.5. The number of amides is 8. The molecule has 2 saturated heterocycles. The molecule has 8 amide bonds. The predicted octanol–water partition coefficient (Wildman–Crippen LogP) is -0.706. The second kappa shape index (κ2) is 28.5. The fourth-order valence-electron chi connectivity index (χ4n) is 7.53. The van der Waals surface area contributed by atoms with Crippen LogP contribution in [0.2, 0.25) is 0 Å². The van der Waals surface area contributed by atoms with Crippen LogP contribution in [-0.4, -0.2) is 127 Å². The van der Waals surface area contributed by atoms with Gasteiger partial charge >= 0.3 is 0 Å². The molecule has 0 aromatic heterocycles. The van der Waals surface area contributed by atoms with Crippen LogP contribution in [0.15, 0.2) is 9.98 Å². The Bertz CT molecular complexity index is 1750. The van der Waals surface area contributed by atoms with E-state index in [1.165, 1.54) is 0 Å². The first-order valence-corrected chi connectivity index (χ1v) is 24.1. The van der Waals surface area contributed by atoms with Crippen LogP contribution < -0.4 is 65.1 Å². The van der Waals surface area contributed by atoms with Gasteiger partial charge in [-0.15, -0.1) is 0 Å². The van der Waals surface area contributed by atoms with Crippen LogP contribution in [-0.2, 0) is 38.4 Å². The van der Waals surface area contributed by atoms with Gasteiger partial charge < -0.3 is 65.1 Å². The minimum atomic E-state index is -1.38. The average Bonchev–Trinajstić information content (AvgIpc) is 3.26. The molecular formula is C45H82N14O8. The maximum absolute atomic E-state index is 14.0. The number of aliphatic imine (C=N–C) groups is 2. The van der Waals surface area contributed by atoms with E-state index in [0.29, 0.717) is 64.3 Å². The average molecular weight is 947 g/mol. The Labute approximate surface area is 396 Å². The lowest BCUT2D eigenvalue weighted by Gasteiger charge is -2.33. The molecule has 0 bridgehead atoms. The monoisotopic (exact) mass is 947 g/mol. The van der Waals surface area contributed by atoms with Gasteiger partial charge in [-0.05, 0) is 78.1 Å². The van der Waals surface area contributed by atoms with Crippen LogP contribution in [0.3, 0.4) is 0 Å². The third-order valence-corrected chi connectivity index (χ3v) is 12.1. The van der Waals surface area contributed by atoms with E-state index in [4.69, 9.17) is 17.2 Å². The van der Waals surface area contributed by atoms with Gasteiger partial charge in [-0.1, -0.05) is 67.2 Å². The molecule has 2 heterocycles. The van der Waals surface area contributed by atoms with Crippen molar-refractivity contribution in [3.63, 3.8) is 0 Å². The summed E-state index contributed by atoms with van der Waals surface area (Å²) in [6.07, 6.45) is 5.52. The summed E-state index contributed by atoms with van der Waals surface area (Å²) in [7, 11) is 0. The number of hydrogen-bond acceptors (Lipinski definition) is 10. The number of guanidine groups is 2. The summed E-state index contributed by atoms with van der Waals surface area (Å²) in [6.45, 7) is 14.6. The van der Waals surface area contributed by atoms with Crippen molar-refractivity contribution in [1.82, 2.24) is 47.9 Å². The third-order valence-electron chi connectivity index (χ3n) is 12.1. The van der Waals surface area contributed by atoms with Crippen molar-refractivity contribution in [2.45, 2.75) is 187 Å². The van der Waals surface area contributed by atoms with Crippen LogP contribution in [0.5, 0.6) is 0 Å². The maximum Gasteiger partial charge on any atom is 0.246 e. The lowest BCUT2D eigenvalue weighted by molar-refractivity contribution is -0.137. The van der Waals surface area contributed by atoms with Gasteiger partial charge in [0.2, 0.25) is 47.3 Å². The molecule has 22 nitrogen and oxygen atoms in total. The summed E-state index contributed by atoms with van der Waals surface area (Å²) in [6, 6.07) is -4.33. The topological polar surface area (TPSA) is 348 Å². The molecule has 2 aliphatic heterocycles. The van der Waals surface area contributed by atoms with E-state index in [-0.39, 0.29) is 87.3 Å². The molecule has 22 heteroatoms. The quantitative estimate of drug-likeness (QED) is 0.0551. The number of nitrogens with one attached hydrogen (secondary N) is 9. The van der Waals surface area contributed by atoms with Crippen molar-refractivity contribution < 1.29 is 38.4 Å². The van der Waals surface area contributed by atoms with Crippen LogP contribution >= 0.6 is 0 Å². The van der Waals surface area contributed by atoms with Crippen molar-refractivity contribution in [3.05, 3.63) is 0 Å². The molecule has 0 aromatic carbocycles. The summed E-state index contributed by atoms with van der Waals surface area (Å²) < 4.78 is 0. The van der Waals surface area contributed by atoms with Crippen molar-refractivity contribution in [2.24, 2.45) is 39.0 Å². The van der Waals surface area contributed by atoms with Gasteiger partial charge in [-0.3, -0.25) is 48.3 Å². The molecule has 380 valence electrons. The Hall–Kier alpha value is -5.70. The zero-order valence-electron chi connectivity index (χ0n) is 41.2. The van der Waals surface area contributed by atoms with E-state index < -0.39 is 76.7 Å². The highest BCUT2D eigenvalue weighted by Gasteiger charge is 2.39. The van der Waals surface area contributed by atoms with Gasteiger partial charge in [0.25, 0.3) is 0 Å². The molecule has 67 heavy (non-hydrogen) atoms. The van der Waals surface area contributed by atoms with E-state index in [1.54, 1.807) is 55.4 Å². The summed E-state index contributed by atoms with van der Waals surface area (Å²) in [5.41, 5.74) is 14.7. The highest BCUT2D eigenvalue weighted by molar-refractivity contribution is 5.97. The zero-order chi connectivity index (χ0) is 50.3. The fraction of sp³-hybridized carbons (Fsp3) is 0.778. The number of carbonyl (C=O) groups is 8. The van der Waals surface area contributed by atoms with Gasteiger partial charge in [-0.2, -0.15) is 0 Å². The Balaban J connectivity index is 2.32. The van der Waals surface area contributed by atoms with E-state index in [0.717, 1.165) is 0 Å². The van der Waals surface area contributed by atoms with Crippen LogP contribution in [0, 0.1) is 11.8 Å². The third kappa shape index (κ3) is 20.0. The van der Waals surface area contributed by atoms with Crippen LogP contribution in [0.1, 0.15) is 145 Å². The highest BCUT2D eigenvalue weighted by atomic mass is 16.2. The van der Waals surface area contributed by atoms with E-state index >= 15 is 0 Å². The normalized spacial score (nSPS) is 27.0. The van der Waals surface area contributed by atoms with Crippen molar-refractivity contribution in [2.75, 3.05) is 26.2 Å². The number of hydrogen-bond donors (Lipinski definition) is 12. The van der Waals surface area contributed by atoms with Gasteiger partial charge in [-0.25, -0.2) is 0 Å². The molecular weight excluding hydrogens is 865 g/mol. The van der Waals surface area contributed by atoms with Gasteiger partial charge in [0, 0.05) is 44.1 Å². The van der Waals surface area contributed by atoms with Crippen LogP contribution in [0.25, 0.3) is 0 Å². The summed E-state index contributed by atoms with van der Waals surface area (Å²) in [5.74, 6) is -4.43. The summed E-state index contributed by atoms with van der Waals surface area (Å²) >= 11 is 0. The molecule has 2 rings (SSSR count). The largest absolute Gasteiger partial charge is 0.370 e. The second-order valence-corrected chi connectivity index (χ2v) is 18.7. The van der Waals surface area contributed by atoms with E-state index in [9.17, 15) is 38.4 Å². The smallest absolute Gasteiger partial charge is 0.246 e. The summed E-state index contributed by atoms with van der Waals surface area (Å²) in [4.78, 5) is 116. The van der Waals surface area contributed by atoms with Gasteiger partial charge in [0.1, 0.15) is 35.2 Å². The molecule has 0 saturated carbocycles. The first kappa shape index (κ1) is 57.4. The summed E-state index contributed by atoms with van der Waals surface area (Å²) in [5, 5.41) is 26.0. The number of carbonyl (C=O) groups excluding carboxylic acids is 8. The van der Waals surface area contributed by atoms with Crippen LogP contribution in [0.4, 0.5) is 0 Å². The number of nitrogens with two attached hydrogens (primary N) is 3. The SMILES string of the molecule is CCC1NC(=O)C(CCCN=C(N)NC2CCCCC(C)(NC(=O)C(C)C)C(=O)NC(CCCN=C(N)N)C(=O)NC(CC)C(=O)NC2)NC(=O)C(C)(NC(=O)C(C)C)CCCCCNC1=O. The zero-order valence-corrected chi connectivity index (χ0v) is 41.2. The number of nitrogens with zero attached hydrogens (tertiary/aromatic N) is 2. The molecule has 0 radical (unpaired) electrons. The number of rotatable bonds is 15. The standard InChI is InChI=1S/C45H82N14O8/c1-9-30-36(62)49-23-15-11-13-21-44(7,58-34(60)27(3)4)40(66)57-33(38(64)54-30)20-17-25-51-43(48)53-29-18-12-14-22-45(8,59-35(61)28(5)6)41(67)56-32(19-16-24-50-42(46)47)39(65)55-31(10-2)37(63)52-26-29/h27-33H,9-26H2,1-8H3,(H,49,62)(H,52,63)(H,54,64)(H,55,65)(H,56,67)(H,57,66)(H,58,60)(H,59,61)(H4,46,47,50)(H3,48,51,53). The minimum absolute atomic E-state index is 0.0562. The highest BCUT2D eigenvalue weighted by Crippen LogP contribution is 2.20. The van der Waals surface area contributed by atoms with Gasteiger partial charge in [0.15, 0.2) is 11.9 Å².